The molecule has 0 N–H and O–H groups in total. The van der Waals surface area contributed by atoms with Crippen molar-refractivity contribution in [3.05, 3.63) is 6.92 Å². The van der Waals surface area contributed by atoms with E-state index >= 15 is 0 Å². The normalized spacial score (nSPS) is 12.7. The van der Waals surface area contributed by atoms with Gasteiger partial charge in [-0.3, -0.25) is 0 Å². The van der Waals surface area contributed by atoms with Crippen LogP contribution in [0.25, 0.3) is 0 Å². The summed E-state index contributed by atoms with van der Waals surface area (Å²) in [5, 5.41) is 0. The summed E-state index contributed by atoms with van der Waals surface area (Å²) in [6.07, 6.45) is 27.3. The maximum absolute atomic E-state index is 3.95. The third-order valence-electron chi connectivity index (χ3n) is 5.25. The van der Waals surface area contributed by atoms with Gasteiger partial charge in [-0.1, -0.05) is 143 Å². The smallest absolute Gasteiger partial charge is 0.0443 e. The van der Waals surface area contributed by atoms with Crippen LogP contribution in [-0.4, -0.2) is 0 Å². The van der Waals surface area contributed by atoms with E-state index in [1.54, 1.807) is 0 Å². The topological polar surface area (TPSA) is 0 Å². The molecule has 0 heteroatoms. The summed E-state index contributed by atoms with van der Waals surface area (Å²) >= 11 is 0. The Kier molecular flexibility index (Phi) is 20.0. The molecule has 1 atom stereocenters. The van der Waals surface area contributed by atoms with Crippen LogP contribution in [0.4, 0.5) is 0 Å². The van der Waals surface area contributed by atoms with Gasteiger partial charge in [0.05, 0.1) is 0 Å². The molecule has 0 nitrogen and oxygen atoms in total. The van der Waals surface area contributed by atoms with E-state index in [2.05, 4.69) is 20.8 Å². The lowest BCUT2D eigenvalue weighted by molar-refractivity contribution is 0.456. The molecule has 0 fully saturated rings. The molecule has 23 heavy (non-hydrogen) atoms. The van der Waals surface area contributed by atoms with Gasteiger partial charge in [-0.15, -0.1) is 0 Å². The zero-order chi connectivity index (χ0) is 17.0. The maximum atomic E-state index is 3.95. The molecule has 0 spiro atoms. The Morgan fingerprint density at radius 3 is 1.22 bits per heavy atom. The van der Waals surface area contributed by atoms with Crippen molar-refractivity contribution in [3.63, 3.8) is 0 Å². The summed E-state index contributed by atoms with van der Waals surface area (Å²) in [4.78, 5) is 0. The van der Waals surface area contributed by atoms with Gasteiger partial charge in [-0.05, 0) is 5.92 Å². The first-order valence-electron chi connectivity index (χ1n) is 11.1. The molecule has 0 aromatic carbocycles. The zero-order valence-electron chi connectivity index (χ0n) is 16.7. The van der Waals surface area contributed by atoms with E-state index < -0.39 is 0 Å². The van der Waals surface area contributed by atoms with Crippen LogP contribution in [0.2, 0.25) is 0 Å². The van der Waals surface area contributed by atoms with E-state index in [1.807, 2.05) is 0 Å². The summed E-state index contributed by atoms with van der Waals surface area (Å²) < 4.78 is 0. The average Bonchev–Trinajstić information content (AvgIpc) is 2.54. The molecule has 0 aliphatic rings. The minimum Gasteiger partial charge on any atom is -0.0654 e. The largest absolute Gasteiger partial charge is 0.0654 e. The first kappa shape index (κ1) is 23.0. The van der Waals surface area contributed by atoms with Crippen molar-refractivity contribution in [1.82, 2.24) is 0 Å². The maximum Gasteiger partial charge on any atom is -0.0443 e. The molecule has 0 saturated heterocycles. The van der Waals surface area contributed by atoms with Gasteiger partial charge in [-0.25, -0.2) is 0 Å². The van der Waals surface area contributed by atoms with Crippen LogP contribution >= 0.6 is 0 Å². The molecular weight excluding hydrogens is 276 g/mol. The quantitative estimate of drug-likeness (QED) is 0.208. The molecule has 1 unspecified atom stereocenters. The van der Waals surface area contributed by atoms with Crippen molar-refractivity contribution in [2.24, 2.45) is 5.92 Å². The van der Waals surface area contributed by atoms with Crippen LogP contribution < -0.4 is 0 Å². The van der Waals surface area contributed by atoms with Crippen molar-refractivity contribution in [1.29, 1.82) is 0 Å². The van der Waals surface area contributed by atoms with Crippen LogP contribution in [0.15, 0.2) is 0 Å². The zero-order valence-corrected chi connectivity index (χ0v) is 16.7. The number of rotatable bonds is 19. The van der Waals surface area contributed by atoms with Gasteiger partial charge in [0.15, 0.2) is 0 Å². The Morgan fingerprint density at radius 2 is 0.870 bits per heavy atom. The van der Waals surface area contributed by atoms with Crippen LogP contribution in [0.5, 0.6) is 0 Å². The highest BCUT2D eigenvalue weighted by Crippen LogP contribution is 2.17. The van der Waals surface area contributed by atoms with Gasteiger partial charge in [0, 0.05) is 0 Å². The van der Waals surface area contributed by atoms with Crippen molar-refractivity contribution >= 4 is 0 Å². The van der Waals surface area contributed by atoms with Gasteiger partial charge in [0.25, 0.3) is 0 Å². The lowest BCUT2D eigenvalue weighted by Gasteiger charge is -2.09. The molecule has 0 saturated carbocycles. The monoisotopic (exact) mass is 323 g/mol. The van der Waals surface area contributed by atoms with Crippen molar-refractivity contribution in [2.45, 2.75) is 136 Å². The van der Waals surface area contributed by atoms with Gasteiger partial charge in [0.2, 0.25) is 0 Å². The van der Waals surface area contributed by atoms with Crippen molar-refractivity contribution in [3.8, 4) is 0 Å². The summed E-state index contributed by atoms with van der Waals surface area (Å²) in [5.74, 6) is 0.902. The van der Waals surface area contributed by atoms with Gasteiger partial charge < -0.3 is 0 Å². The average molecular weight is 324 g/mol. The predicted octanol–water partition coefficient (Wildman–Crippen LogP) is 8.89. The minimum absolute atomic E-state index is 0.902. The van der Waals surface area contributed by atoms with Crippen LogP contribution in [0.3, 0.4) is 0 Å². The Labute approximate surface area is 149 Å². The number of unbranched alkanes of at least 4 members (excludes halogenated alkanes) is 15. The summed E-state index contributed by atoms with van der Waals surface area (Å²) in [6.45, 7) is 8.63. The molecule has 1 radical (unpaired) electrons. The Balaban J connectivity index is 3.00. The Hall–Kier alpha value is 0. The van der Waals surface area contributed by atoms with Crippen molar-refractivity contribution < 1.29 is 0 Å². The highest BCUT2D eigenvalue weighted by Gasteiger charge is 2.00. The number of hydrogen-bond donors (Lipinski definition) is 0. The lowest BCUT2D eigenvalue weighted by Crippen LogP contribution is -1.93. The molecule has 139 valence electrons. The van der Waals surface area contributed by atoms with Crippen LogP contribution in [-0.2, 0) is 0 Å². The van der Waals surface area contributed by atoms with E-state index in [9.17, 15) is 0 Å². The molecule has 0 aliphatic carbocycles. The second-order valence-electron chi connectivity index (χ2n) is 7.84. The van der Waals surface area contributed by atoms with E-state index in [4.69, 9.17) is 0 Å². The van der Waals surface area contributed by atoms with Crippen LogP contribution in [0, 0.1) is 12.8 Å². The number of hydrogen-bond acceptors (Lipinski definition) is 0. The van der Waals surface area contributed by atoms with Gasteiger partial charge in [0.1, 0.15) is 0 Å². The Bertz CT molecular complexity index is 196. The van der Waals surface area contributed by atoms with E-state index in [0.717, 1.165) is 12.3 Å². The summed E-state index contributed by atoms with van der Waals surface area (Å²) in [5.41, 5.74) is 0. The predicted molar refractivity (Wildman–Crippen MR) is 108 cm³/mol. The van der Waals surface area contributed by atoms with E-state index in [-0.39, 0.29) is 0 Å². The molecule has 0 bridgehead atoms. The third-order valence-corrected chi connectivity index (χ3v) is 5.25. The van der Waals surface area contributed by atoms with E-state index in [0.29, 0.717) is 0 Å². The van der Waals surface area contributed by atoms with Crippen LogP contribution in [0.1, 0.15) is 136 Å². The molecule has 0 aromatic heterocycles. The molecule has 0 heterocycles. The third kappa shape index (κ3) is 20.0. The summed E-state index contributed by atoms with van der Waals surface area (Å²) in [7, 11) is 0. The minimum atomic E-state index is 0.902. The SMILES string of the molecule is [CH2]CCC(C)CCCCCCCCCCCCCCCCCC. The summed E-state index contributed by atoms with van der Waals surface area (Å²) in [6, 6.07) is 0. The Morgan fingerprint density at radius 1 is 0.522 bits per heavy atom. The lowest BCUT2D eigenvalue weighted by atomic mass is 9.98. The molecule has 0 amide bonds. The molecule has 0 rings (SSSR count). The second-order valence-corrected chi connectivity index (χ2v) is 7.84. The van der Waals surface area contributed by atoms with Gasteiger partial charge >= 0.3 is 0 Å². The standard InChI is InChI=1S/C23H47/c1-4-6-7-8-9-10-11-12-13-14-15-16-17-18-19-20-22-23(3)21-5-2/h23H,2,4-22H2,1,3H3. The highest BCUT2D eigenvalue weighted by atomic mass is 14.1. The van der Waals surface area contributed by atoms with E-state index in [1.165, 1.54) is 116 Å². The van der Waals surface area contributed by atoms with Gasteiger partial charge in [-0.2, -0.15) is 0 Å². The first-order valence-corrected chi connectivity index (χ1v) is 11.1. The first-order chi connectivity index (χ1) is 11.3. The molecule has 0 aliphatic heterocycles. The highest BCUT2D eigenvalue weighted by molar-refractivity contribution is 4.55. The second kappa shape index (κ2) is 20.0. The molecule has 0 aromatic rings. The fraction of sp³-hybridized carbons (Fsp3) is 0.957. The fourth-order valence-electron chi connectivity index (χ4n) is 3.53. The van der Waals surface area contributed by atoms with Crippen molar-refractivity contribution in [2.75, 3.05) is 0 Å². The fourth-order valence-corrected chi connectivity index (χ4v) is 3.53. The molecular formula is C23H47.